The molecule has 0 aliphatic heterocycles. The van der Waals surface area contributed by atoms with Crippen LogP contribution in [0.5, 0.6) is 5.75 Å². The summed E-state index contributed by atoms with van der Waals surface area (Å²) in [5.41, 5.74) is 1.84. The summed E-state index contributed by atoms with van der Waals surface area (Å²) in [4.78, 5) is 23.4. The fourth-order valence-corrected chi connectivity index (χ4v) is 2.41. The van der Waals surface area contributed by atoms with Crippen molar-refractivity contribution in [2.75, 3.05) is 10.6 Å². The van der Waals surface area contributed by atoms with Gasteiger partial charge in [-0.3, -0.25) is 14.9 Å². The lowest BCUT2D eigenvalue weighted by Gasteiger charge is -2.14. The number of amides is 2. The lowest BCUT2D eigenvalue weighted by molar-refractivity contribution is -0.114. The number of carbonyl (C=O) groups excluding carboxylic acids is 2. The number of thiocarbonyl (C=S) groups is 1. The molecular formula is C20H23N3O3S. The van der Waals surface area contributed by atoms with Crippen molar-refractivity contribution in [3.05, 3.63) is 54.1 Å². The molecule has 2 rings (SSSR count). The first kappa shape index (κ1) is 20.4. The summed E-state index contributed by atoms with van der Waals surface area (Å²) in [5.74, 6) is 0.180. The highest BCUT2D eigenvalue weighted by Crippen LogP contribution is 2.16. The van der Waals surface area contributed by atoms with Crippen molar-refractivity contribution in [1.29, 1.82) is 0 Å². The lowest BCUT2D eigenvalue weighted by atomic mass is 10.2. The Morgan fingerprint density at radius 1 is 1.07 bits per heavy atom. The van der Waals surface area contributed by atoms with Crippen LogP contribution >= 0.6 is 12.2 Å². The minimum atomic E-state index is -0.322. The Bertz CT molecular complexity index is 821. The van der Waals surface area contributed by atoms with Crippen LogP contribution in [0.3, 0.4) is 0 Å². The summed E-state index contributed by atoms with van der Waals surface area (Å²) < 4.78 is 5.74. The smallest absolute Gasteiger partial charge is 0.257 e. The van der Waals surface area contributed by atoms with Crippen molar-refractivity contribution >= 4 is 40.5 Å². The third-order valence-electron chi connectivity index (χ3n) is 3.70. The highest BCUT2D eigenvalue weighted by Gasteiger charge is 2.10. The molecule has 2 aromatic rings. The van der Waals surface area contributed by atoms with E-state index in [1.54, 1.807) is 42.5 Å². The van der Waals surface area contributed by atoms with Crippen LogP contribution in [0.4, 0.5) is 11.4 Å². The van der Waals surface area contributed by atoms with Crippen molar-refractivity contribution in [3.63, 3.8) is 0 Å². The molecule has 2 aromatic carbocycles. The largest absolute Gasteiger partial charge is 0.491 e. The van der Waals surface area contributed by atoms with E-state index in [0.717, 1.165) is 6.42 Å². The molecule has 1 atom stereocenters. The number of carbonyl (C=O) groups is 2. The molecule has 0 aliphatic rings. The molecule has 6 nitrogen and oxygen atoms in total. The van der Waals surface area contributed by atoms with Gasteiger partial charge in [-0.25, -0.2) is 0 Å². The molecule has 0 aromatic heterocycles. The van der Waals surface area contributed by atoms with Crippen LogP contribution in [-0.4, -0.2) is 23.0 Å². The highest BCUT2D eigenvalue weighted by molar-refractivity contribution is 7.80. The van der Waals surface area contributed by atoms with Crippen LogP contribution in [0.15, 0.2) is 48.5 Å². The van der Waals surface area contributed by atoms with Crippen molar-refractivity contribution in [2.24, 2.45) is 0 Å². The second kappa shape index (κ2) is 9.68. The Balaban J connectivity index is 1.94. The van der Waals surface area contributed by atoms with E-state index in [9.17, 15) is 9.59 Å². The maximum absolute atomic E-state index is 12.4. The second-order valence-corrected chi connectivity index (χ2v) is 6.44. The third kappa shape index (κ3) is 6.71. The molecule has 0 saturated carbocycles. The molecule has 0 bridgehead atoms. The maximum Gasteiger partial charge on any atom is 0.257 e. The van der Waals surface area contributed by atoms with E-state index in [1.807, 2.05) is 19.9 Å². The molecule has 27 heavy (non-hydrogen) atoms. The number of ether oxygens (including phenoxy) is 1. The molecule has 2 amide bonds. The van der Waals surface area contributed by atoms with E-state index in [4.69, 9.17) is 17.0 Å². The lowest BCUT2D eigenvalue weighted by Crippen LogP contribution is -2.34. The topological polar surface area (TPSA) is 79.5 Å². The Hall–Kier alpha value is -2.93. The van der Waals surface area contributed by atoms with Gasteiger partial charge in [0.1, 0.15) is 5.75 Å². The van der Waals surface area contributed by atoms with Crippen LogP contribution in [0.1, 0.15) is 37.6 Å². The van der Waals surface area contributed by atoms with E-state index < -0.39 is 0 Å². The van der Waals surface area contributed by atoms with Gasteiger partial charge in [0.05, 0.1) is 6.10 Å². The summed E-state index contributed by atoms with van der Waals surface area (Å²) >= 11 is 5.19. The Morgan fingerprint density at radius 3 is 2.30 bits per heavy atom. The number of benzene rings is 2. The summed E-state index contributed by atoms with van der Waals surface area (Å²) in [6.07, 6.45) is 0.956. The monoisotopic (exact) mass is 385 g/mol. The van der Waals surface area contributed by atoms with Gasteiger partial charge in [0, 0.05) is 23.9 Å². The fraction of sp³-hybridized carbons (Fsp3) is 0.250. The highest BCUT2D eigenvalue weighted by atomic mass is 32.1. The molecule has 0 spiro atoms. The molecular weight excluding hydrogens is 362 g/mol. The van der Waals surface area contributed by atoms with Crippen molar-refractivity contribution in [2.45, 2.75) is 33.3 Å². The average Bonchev–Trinajstić information content (AvgIpc) is 2.63. The van der Waals surface area contributed by atoms with Gasteiger partial charge in [0.2, 0.25) is 5.91 Å². The van der Waals surface area contributed by atoms with E-state index in [1.165, 1.54) is 6.92 Å². The second-order valence-electron chi connectivity index (χ2n) is 6.03. The van der Waals surface area contributed by atoms with Gasteiger partial charge in [-0.15, -0.1) is 0 Å². The fourth-order valence-electron chi connectivity index (χ4n) is 2.20. The first-order chi connectivity index (χ1) is 12.9. The Kier molecular flexibility index (Phi) is 7.31. The zero-order valence-electron chi connectivity index (χ0n) is 15.5. The molecule has 3 N–H and O–H groups in total. The van der Waals surface area contributed by atoms with E-state index in [2.05, 4.69) is 16.0 Å². The van der Waals surface area contributed by atoms with Crippen molar-refractivity contribution in [3.8, 4) is 5.75 Å². The zero-order valence-corrected chi connectivity index (χ0v) is 16.4. The number of anilines is 2. The number of nitrogens with one attached hydrogen (secondary N) is 3. The van der Waals surface area contributed by atoms with E-state index in [-0.39, 0.29) is 23.0 Å². The van der Waals surface area contributed by atoms with E-state index >= 15 is 0 Å². The third-order valence-corrected chi connectivity index (χ3v) is 3.90. The van der Waals surface area contributed by atoms with Crippen LogP contribution < -0.4 is 20.7 Å². The van der Waals surface area contributed by atoms with Crippen LogP contribution in [0.2, 0.25) is 0 Å². The SMILES string of the molecule is CCC(C)Oc1cccc(C(=O)NC(=S)Nc2ccc(NC(C)=O)cc2)c1. The summed E-state index contributed by atoms with van der Waals surface area (Å²) in [7, 11) is 0. The molecule has 1 unspecified atom stereocenters. The Morgan fingerprint density at radius 2 is 1.70 bits per heavy atom. The van der Waals surface area contributed by atoms with Crippen molar-refractivity contribution in [1.82, 2.24) is 5.32 Å². The van der Waals surface area contributed by atoms with Gasteiger partial charge in [0.15, 0.2) is 5.11 Å². The zero-order chi connectivity index (χ0) is 19.8. The standard InChI is InChI=1S/C20H23N3O3S/c1-4-13(2)26-18-7-5-6-15(12-18)19(25)23-20(27)22-17-10-8-16(9-11-17)21-14(3)24/h5-13H,4H2,1-3H3,(H,21,24)(H2,22,23,25,27). The molecule has 0 heterocycles. The summed E-state index contributed by atoms with van der Waals surface area (Å²) in [5, 5.41) is 8.44. The van der Waals surface area contributed by atoms with Crippen molar-refractivity contribution < 1.29 is 14.3 Å². The molecule has 0 aliphatic carbocycles. The summed E-state index contributed by atoms with van der Waals surface area (Å²) in [6.45, 7) is 5.46. The molecule has 0 radical (unpaired) electrons. The predicted octanol–water partition coefficient (Wildman–Crippen LogP) is 3.95. The Labute approximate surface area is 164 Å². The molecule has 0 saturated heterocycles. The number of hydrogen-bond donors (Lipinski definition) is 3. The maximum atomic E-state index is 12.4. The minimum Gasteiger partial charge on any atom is -0.491 e. The van der Waals surface area contributed by atoms with Gasteiger partial charge in [-0.05, 0) is 68.0 Å². The molecule has 0 fully saturated rings. The van der Waals surface area contributed by atoms with Gasteiger partial charge < -0.3 is 15.4 Å². The molecule has 142 valence electrons. The van der Waals surface area contributed by atoms with Gasteiger partial charge >= 0.3 is 0 Å². The first-order valence-electron chi connectivity index (χ1n) is 8.64. The van der Waals surface area contributed by atoms with Crippen LogP contribution in [0, 0.1) is 0 Å². The van der Waals surface area contributed by atoms with Crippen LogP contribution in [-0.2, 0) is 4.79 Å². The van der Waals surface area contributed by atoms with Gasteiger partial charge in [-0.1, -0.05) is 13.0 Å². The molecule has 7 heteroatoms. The quantitative estimate of drug-likeness (QED) is 0.656. The van der Waals surface area contributed by atoms with Gasteiger partial charge in [0.25, 0.3) is 5.91 Å². The average molecular weight is 385 g/mol. The van der Waals surface area contributed by atoms with Crippen LogP contribution in [0.25, 0.3) is 0 Å². The first-order valence-corrected chi connectivity index (χ1v) is 9.05. The summed E-state index contributed by atoms with van der Waals surface area (Å²) in [6, 6.07) is 14.0. The number of rotatable bonds is 6. The normalized spacial score (nSPS) is 11.2. The van der Waals surface area contributed by atoms with Gasteiger partial charge in [-0.2, -0.15) is 0 Å². The minimum absolute atomic E-state index is 0.0755. The predicted molar refractivity (Wildman–Crippen MR) is 111 cm³/mol. The van der Waals surface area contributed by atoms with E-state index in [0.29, 0.717) is 22.7 Å². The number of hydrogen-bond acceptors (Lipinski definition) is 4.